The van der Waals surface area contributed by atoms with Crippen LogP contribution in [0.25, 0.3) is 72.6 Å². The van der Waals surface area contributed by atoms with Crippen molar-refractivity contribution in [2.45, 2.75) is 60.2 Å². The molecule has 234 valence electrons. The fourth-order valence-electron chi connectivity index (χ4n) is 7.14. The van der Waals surface area contributed by atoms with Crippen LogP contribution in [0.4, 0.5) is 0 Å². The molecule has 47 heavy (non-hydrogen) atoms. The summed E-state index contributed by atoms with van der Waals surface area (Å²) < 4.78 is 66.9. The van der Waals surface area contributed by atoms with Gasteiger partial charge in [0.25, 0.3) is 5.82 Å². The maximum absolute atomic E-state index is 8.20. The normalized spacial score (nSPS) is 14.6. The van der Waals surface area contributed by atoms with E-state index in [2.05, 4.69) is 105 Å². The Kier molecular flexibility index (Phi) is 5.28. The minimum absolute atomic E-state index is 0.0502. The molecule has 3 aromatic heterocycles. The number of para-hydroxylation sites is 3. The van der Waals surface area contributed by atoms with E-state index in [1.165, 1.54) is 35.0 Å². The maximum Gasteiger partial charge on any atom is 0.299 e. The number of hydrogen-bond donors (Lipinski definition) is 0. The van der Waals surface area contributed by atoms with Crippen molar-refractivity contribution in [1.29, 1.82) is 0 Å². The summed E-state index contributed by atoms with van der Waals surface area (Å²) in [5.41, 5.74) is 9.32. The third-order valence-electron chi connectivity index (χ3n) is 9.46. The van der Waals surface area contributed by atoms with Crippen molar-refractivity contribution in [2.24, 2.45) is 7.05 Å². The molecule has 0 bridgehead atoms. The third kappa shape index (κ3) is 4.29. The van der Waals surface area contributed by atoms with Gasteiger partial charge in [-0.1, -0.05) is 88.4 Å². The van der Waals surface area contributed by atoms with Gasteiger partial charge in [0.2, 0.25) is 5.89 Å². The van der Waals surface area contributed by atoms with Crippen molar-refractivity contribution in [3.63, 3.8) is 0 Å². The summed E-state index contributed by atoms with van der Waals surface area (Å²) in [6.45, 7) is 5.81. The van der Waals surface area contributed by atoms with E-state index >= 15 is 0 Å². The molecule has 0 atom stereocenters. The predicted molar refractivity (Wildman–Crippen MR) is 193 cm³/mol. The molecule has 0 N–H and O–H groups in total. The Morgan fingerprint density at radius 1 is 0.702 bits per heavy atom. The number of rotatable bonds is 5. The molecule has 0 fully saturated rings. The van der Waals surface area contributed by atoms with Gasteiger partial charge in [0.05, 0.1) is 7.05 Å². The Morgan fingerprint density at radius 2 is 1.36 bits per heavy atom. The highest BCUT2D eigenvalue weighted by molar-refractivity contribution is 6.16. The van der Waals surface area contributed by atoms with Crippen LogP contribution in [-0.2, 0) is 7.05 Å². The van der Waals surface area contributed by atoms with E-state index in [-0.39, 0.29) is 34.4 Å². The van der Waals surface area contributed by atoms with Gasteiger partial charge in [-0.2, -0.15) is 4.57 Å². The van der Waals surface area contributed by atoms with Gasteiger partial charge in [-0.05, 0) is 73.4 Å². The minimum atomic E-state index is -2.60. The zero-order valence-corrected chi connectivity index (χ0v) is 27.4. The monoisotopic (exact) mass is 624 g/mol. The van der Waals surface area contributed by atoms with Gasteiger partial charge >= 0.3 is 0 Å². The fraction of sp³-hybridized carbons (Fsp3) is 0.238. The molecule has 0 saturated carbocycles. The van der Waals surface area contributed by atoms with Crippen LogP contribution < -0.4 is 4.57 Å². The summed E-state index contributed by atoms with van der Waals surface area (Å²) in [7, 11) is 2.09. The minimum Gasteiger partial charge on any atom is -0.453 e. The van der Waals surface area contributed by atoms with Crippen LogP contribution in [0.1, 0.15) is 75.6 Å². The van der Waals surface area contributed by atoms with Crippen LogP contribution >= 0.6 is 0 Å². The summed E-state index contributed by atoms with van der Waals surface area (Å²) >= 11 is 0. The number of fused-ring (bicyclic) bond motifs is 6. The largest absolute Gasteiger partial charge is 0.453 e. The highest BCUT2D eigenvalue weighted by Crippen LogP contribution is 2.43. The molecule has 8 rings (SSSR count). The summed E-state index contributed by atoms with van der Waals surface area (Å²) in [6, 6.07) is 27.1. The number of nitrogens with zero attached hydrogens (tertiary/aromatic N) is 3. The molecular formula is C42H40N3O2+. The molecule has 0 amide bonds. The first-order valence-electron chi connectivity index (χ1n) is 19.1. The van der Waals surface area contributed by atoms with Crippen LogP contribution in [0, 0.1) is 20.6 Å². The van der Waals surface area contributed by atoms with E-state index < -0.39 is 13.7 Å². The number of imidazole rings is 1. The first-order valence-corrected chi connectivity index (χ1v) is 16.1. The molecule has 0 aliphatic heterocycles. The molecular weight excluding hydrogens is 578 g/mol. The highest BCUT2D eigenvalue weighted by atomic mass is 16.4. The Balaban J connectivity index is 1.46. The summed E-state index contributed by atoms with van der Waals surface area (Å²) in [4.78, 5) is 4.79. The Labute approximate surface area is 283 Å². The van der Waals surface area contributed by atoms with Crippen LogP contribution in [0.3, 0.4) is 0 Å². The summed E-state index contributed by atoms with van der Waals surface area (Å²) in [5.74, 6) is 1.42. The number of oxazole rings is 1. The van der Waals surface area contributed by atoms with Gasteiger partial charge in [0, 0.05) is 35.7 Å². The average Bonchev–Trinajstić information content (AvgIpc) is 3.78. The van der Waals surface area contributed by atoms with E-state index in [4.69, 9.17) is 22.0 Å². The van der Waals surface area contributed by atoms with Crippen LogP contribution in [0.5, 0.6) is 0 Å². The molecule has 0 saturated heterocycles. The lowest BCUT2D eigenvalue weighted by Crippen LogP contribution is -2.30. The number of benzene rings is 5. The average molecular weight is 625 g/mol. The SMILES string of the molecule is [2H]C([2H])([2H])c1cccc(C([2H])([2H])[2H])c1-c1nc2c(ccc3c4ccc(C)c(-c5n(-c6c(C(C)C)cccc6C(C)C)c6ccccc6[n+]5C)c4oc32)o1. The van der Waals surface area contributed by atoms with Crippen molar-refractivity contribution in [3.05, 3.63) is 113 Å². The van der Waals surface area contributed by atoms with E-state index in [9.17, 15) is 0 Å². The van der Waals surface area contributed by atoms with Crippen molar-refractivity contribution in [1.82, 2.24) is 9.55 Å². The first-order chi connectivity index (χ1) is 25.1. The van der Waals surface area contributed by atoms with Crippen LogP contribution in [0.15, 0.2) is 93.8 Å². The van der Waals surface area contributed by atoms with Gasteiger partial charge in [-0.15, -0.1) is 0 Å². The Morgan fingerprint density at radius 3 is 2.06 bits per heavy atom. The second-order valence-electron chi connectivity index (χ2n) is 13.1. The van der Waals surface area contributed by atoms with Gasteiger partial charge in [0.15, 0.2) is 33.3 Å². The third-order valence-corrected chi connectivity index (χ3v) is 9.46. The van der Waals surface area contributed by atoms with Gasteiger partial charge in [0.1, 0.15) is 11.3 Å². The molecule has 5 aromatic carbocycles. The molecule has 8 aromatic rings. The molecule has 0 radical (unpaired) electrons. The lowest BCUT2D eigenvalue weighted by Gasteiger charge is -2.18. The standard InChI is InChI=1S/C42H40N3O2/c1-23(2)28-15-12-16-29(24(3)4)38(28)45-33-18-10-9-17-32(33)44(8)42(45)36-27(7)19-20-30-31-21-22-34-37(40(31)47-39(30)36)43-41(46-34)35-25(5)13-11-14-26(35)6/h9-24H,1-8H3/q+1/i5D3,6D3. The zero-order chi connectivity index (χ0) is 37.7. The fourth-order valence-corrected chi connectivity index (χ4v) is 7.14. The second-order valence-corrected chi connectivity index (χ2v) is 13.1. The second kappa shape index (κ2) is 10.7. The molecule has 0 spiro atoms. The molecule has 3 heterocycles. The number of aryl methyl sites for hydroxylation is 4. The zero-order valence-electron chi connectivity index (χ0n) is 33.4. The molecule has 0 unspecified atom stereocenters. The lowest BCUT2D eigenvalue weighted by molar-refractivity contribution is -0.633. The van der Waals surface area contributed by atoms with E-state index in [1.807, 2.05) is 6.07 Å². The number of furan rings is 1. The van der Waals surface area contributed by atoms with Gasteiger partial charge < -0.3 is 8.83 Å². The van der Waals surface area contributed by atoms with E-state index in [0.29, 0.717) is 22.3 Å². The Hall–Kier alpha value is -5.16. The van der Waals surface area contributed by atoms with Crippen molar-refractivity contribution in [3.8, 4) is 28.5 Å². The molecule has 5 heteroatoms. The maximum atomic E-state index is 8.20. The smallest absolute Gasteiger partial charge is 0.299 e. The number of aromatic nitrogens is 3. The number of hydrogen-bond acceptors (Lipinski definition) is 3. The van der Waals surface area contributed by atoms with E-state index in [1.54, 1.807) is 6.07 Å². The topological polar surface area (TPSA) is 48.0 Å². The molecule has 0 aliphatic carbocycles. The lowest BCUT2D eigenvalue weighted by atomic mass is 9.92. The van der Waals surface area contributed by atoms with Crippen LogP contribution in [-0.4, -0.2) is 9.55 Å². The molecule has 0 aliphatic rings. The summed E-state index contributed by atoms with van der Waals surface area (Å²) in [5, 5.41) is 1.70. The van der Waals surface area contributed by atoms with Crippen molar-refractivity contribution in [2.75, 3.05) is 0 Å². The predicted octanol–water partition coefficient (Wildman–Crippen LogP) is 11.0. The Bertz CT molecular complexity index is 2690. The van der Waals surface area contributed by atoms with Gasteiger partial charge in [-0.25, -0.2) is 9.55 Å². The molecule has 5 nitrogen and oxygen atoms in total. The van der Waals surface area contributed by atoms with Crippen LogP contribution in [0.2, 0.25) is 0 Å². The van der Waals surface area contributed by atoms with Gasteiger partial charge in [-0.3, -0.25) is 0 Å². The quantitative estimate of drug-likeness (QED) is 0.179. The van der Waals surface area contributed by atoms with Crippen molar-refractivity contribution < 1.29 is 21.6 Å². The summed E-state index contributed by atoms with van der Waals surface area (Å²) in [6.07, 6.45) is 0. The first kappa shape index (κ1) is 23.2. The van der Waals surface area contributed by atoms with Crippen molar-refractivity contribution >= 4 is 44.1 Å². The highest BCUT2D eigenvalue weighted by Gasteiger charge is 2.33. The van der Waals surface area contributed by atoms with E-state index in [0.717, 1.165) is 38.8 Å².